The highest BCUT2D eigenvalue weighted by Crippen LogP contribution is 2.08. The number of hydrogen-bond acceptors (Lipinski definition) is 4. The first kappa shape index (κ1) is 16.9. The molecule has 4 nitrogen and oxygen atoms in total. The molecule has 0 radical (unpaired) electrons. The van der Waals surface area contributed by atoms with Gasteiger partial charge in [-0.1, -0.05) is 30.4 Å². The average Bonchev–Trinajstić information content (AvgIpc) is 2.46. The maximum Gasteiger partial charge on any atom is 0.119 e. The molecule has 1 aromatic rings. The van der Waals surface area contributed by atoms with E-state index in [4.69, 9.17) is 27.4 Å². The maximum absolute atomic E-state index is 5.68. The van der Waals surface area contributed by atoms with Crippen LogP contribution in [0.2, 0.25) is 0 Å². The second-order valence-electron chi connectivity index (χ2n) is 4.57. The summed E-state index contributed by atoms with van der Waals surface area (Å²) < 4.78 is 10.8. The van der Waals surface area contributed by atoms with E-state index in [9.17, 15) is 0 Å². The van der Waals surface area contributed by atoms with E-state index in [0.29, 0.717) is 11.6 Å². The summed E-state index contributed by atoms with van der Waals surface area (Å²) >= 11 is 4.92. The Hall–Kier alpha value is -1.17. The molecule has 0 bridgehead atoms. The monoisotopic (exact) mass is 296 g/mol. The van der Waals surface area contributed by atoms with Gasteiger partial charge >= 0.3 is 0 Å². The molecule has 0 fully saturated rings. The van der Waals surface area contributed by atoms with Gasteiger partial charge in [0.15, 0.2) is 0 Å². The number of hydrogen-bond donors (Lipinski definition) is 1. The summed E-state index contributed by atoms with van der Waals surface area (Å²) in [6.45, 7) is 4.16. The summed E-state index contributed by atoms with van der Waals surface area (Å²) in [6.07, 6.45) is 1.72. The third-order valence-corrected chi connectivity index (χ3v) is 3.12. The van der Waals surface area contributed by atoms with E-state index in [1.165, 1.54) is 0 Å². The second-order valence-corrected chi connectivity index (χ2v) is 5.09. The van der Waals surface area contributed by atoms with Crippen LogP contribution in [0.4, 0.5) is 0 Å². The van der Waals surface area contributed by atoms with Crippen LogP contribution in [-0.2, 0) is 4.74 Å². The number of para-hydroxylation sites is 1. The number of nitrogens with two attached hydrogens (primary N) is 1. The van der Waals surface area contributed by atoms with Crippen LogP contribution in [0.3, 0.4) is 0 Å². The van der Waals surface area contributed by atoms with Crippen LogP contribution in [0.5, 0.6) is 5.75 Å². The van der Waals surface area contributed by atoms with Crippen molar-refractivity contribution in [2.75, 3.05) is 40.0 Å². The molecule has 112 valence electrons. The fraction of sp³-hybridized carbons (Fsp3) is 0.533. The maximum atomic E-state index is 5.68. The van der Waals surface area contributed by atoms with Gasteiger partial charge in [0.25, 0.3) is 0 Å². The van der Waals surface area contributed by atoms with Crippen molar-refractivity contribution in [3.63, 3.8) is 0 Å². The van der Waals surface area contributed by atoms with Crippen LogP contribution in [0.1, 0.15) is 12.8 Å². The van der Waals surface area contributed by atoms with Gasteiger partial charge < -0.3 is 20.1 Å². The lowest BCUT2D eigenvalue weighted by atomic mass is 10.3. The Morgan fingerprint density at radius 3 is 2.55 bits per heavy atom. The summed E-state index contributed by atoms with van der Waals surface area (Å²) in [5.74, 6) is 0.916. The zero-order valence-electron chi connectivity index (χ0n) is 12.1. The first-order chi connectivity index (χ1) is 9.72. The van der Waals surface area contributed by atoms with E-state index in [2.05, 4.69) is 4.90 Å². The quantitative estimate of drug-likeness (QED) is 0.500. The highest BCUT2D eigenvalue weighted by molar-refractivity contribution is 7.80. The predicted octanol–water partition coefficient (Wildman–Crippen LogP) is 2.08. The Morgan fingerprint density at radius 2 is 1.90 bits per heavy atom. The fourth-order valence-corrected chi connectivity index (χ4v) is 1.91. The van der Waals surface area contributed by atoms with Gasteiger partial charge in [0, 0.05) is 33.2 Å². The highest BCUT2D eigenvalue weighted by Gasteiger charge is 2.05. The summed E-state index contributed by atoms with van der Waals surface area (Å²) in [6, 6.07) is 9.87. The van der Waals surface area contributed by atoms with Gasteiger partial charge in [0.2, 0.25) is 0 Å². The van der Waals surface area contributed by atoms with Crippen LogP contribution in [0.25, 0.3) is 0 Å². The first-order valence-electron chi connectivity index (χ1n) is 6.90. The molecule has 1 rings (SSSR count). The van der Waals surface area contributed by atoms with Gasteiger partial charge in [-0.15, -0.1) is 0 Å². The molecular formula is C15H24N2O2S. The SMILES string of the molecule is COCCN(CCCOc1ccccc1)CCC(N)=S. The van der Waals surface area contributed by atoms with Gasteiger partial charge in [-0.05, 0) is 18.6 Å². The molecule has 0 unspecified atom stereocenters. The van der Waals surface area contributed by atoms with Crippen LogP contribution < -0.4 is 10.5 Å². The molecule has 0 amide bonds. The molecular weight excluding hydrogens is 272 g/mol. The zero-order valence-corrected chi connectivity index (χ0v) is 12.9. The van der Waals surface area contributed by atoms with Crippen LogP contribution >= 0.6 is 12.2 Å². The van der Waals surface area contributed by atoms with Crippen molar-refractivity contribution in [1.82, 2.24) is 4.90 Å². The first-order valence-corrected chi connectivity index (χ1v) is 7.30. The Morgan fingerprint density at radius 1 is 1.15 bits per heavy atom. The molecule has 0 saturated heterocycles. The molecule has 0 saturated carbocycles. The van der Waals surface area contributed by atoms with E-state index in [-0.39, 0.29) is 0 Å². The summed E-state index contributed by atoms with van der Waals surface area (Å²) in [5, 5.41) is 0. The largest absolute Gasteiger partial charge is 0.494 e. The topological polar surface area (TPSA) is 47.7 Å². The van der Waals surface area contributed by atoms with Gasteiger partial charge in [-0.2, -0.15) is 0 Å². The third-order valence-electron chi connectivity index (χ3n) is 2.92. The van der Waals surface area contributed by atoms with Gasteiger partial charge in [-0.25, -0.2) is 0 Å². The van der Waals surface area contributed by atoms with Crippen LogP contribution in [0, 0.1) is 0 Å². The summed E-state index contributed by atoms with van der Waals surface area (Å²) in [7, 11) is 1.71. The molecule has 0 aliphatic heterocycles. The van der Waals surface area contributed by atoms with E-state index < -0.39 is 0 Å². The Balaban J connectivity index is 2.21. The van der Waals surface area contributed by atoms with Crippen LogP contribution in [0.15, 0.2) is 30.3 Å². The number of thiocarbonyl (C=S) groups is 1. The predicted molar refractivity (Wildman–Crippen MR) is 86.3 cm³/mol. The molecule has 0 atom stereocenters. The Labute approximate surface area is 126 Å². The number of ether oxygens (including phenoxy) is 2. The lowest BCUT2D eigenvalue weighted by molar-refractivity contribution is 0.144. The molecule has 0 aromatic heterocycles. The molecule has 2 N–H and O–H groups in total. The Kier molecular flexibility index (Phi) is 8.95. The van der Waals surface area contributed by atoms with Crippen molar-refractivity contribution < 1.29 is 9.47 Å². The minimum Gasteiger partial charge on any atom is -0.494 e. The van der Waals surface area contributed by atoms with Crippen molar-refractivity contribution in [2.24, 2.45) is 5.73 Å². The minimum absolute atomic E-state index is 0.563. The fourth-order valence-electron chi connectivity index (χ4n) is 1.82. The van der Waals surface area contributed by atoms with Gasteiger partial charge in [0.1, 0.15) is 5.75 Å². The minimum atomic E-state index is 0.563. The Bertz CT molecular complexity index is 373. The molecule has 0 spiro atoms. The summed E-state index contributed by atoms with van der Waals surface area (Å²) in [5.41, 5.74) is 5.55. The lowest BCUT2D eigenvalue weighted by Gasteiger charge is -2.21. The molecule has 0 aliphatic carbocycles. The third kappa shape index (κ3) is 8.09. The van der Waals surface area contributed by atoms with Gasteiger partial charge in [0.05, 0.1) is 18.2 Å². The lowest BCUT2D eigenvalue weighted by Crippen LogP contribution is -2.32. The number of methoxy groups -OCH3 is 1. The van der Waals surface area contributed by atoms with E-state index in [1.54, 1.807) is 7.11 Å². The normalized spacial score (nSPS) is 10.7. The molecule has 20 heavy (non-hydrogen) atoms. The number of rotatable bonds is 11. The average molecular weight is 296 g/mol. The highest BCUT2D eigenvalue weighted by atomic mass is 32.1. The zero-order chi connectivity index (χ0) is 14.6. The van der Waals surface area contributed by atoms with Crippen LogP contribution in [-0.4, -0.2) is 49.8 Å². The number of nitrogens with zero attached hydrogens (tertiary/aromatic N) is 1. The number of benzene rings is 1. The van der Waals surface area contributed by atoms with Crippen molar-refractivity contribution in [1.29, 1.82) is 0 Å². The molecule has 1 aromatic carbocycles. The van der Waals surface area contributed by atoms with Crippen molar-refractivity contribution in [3.8, 4) is 5.75 Å². The smallest absolute Gasteiger partial charge is 0.119 e. The van der Waals surface area contributed by atoms with Crippen molar-refractivity contribution in [2.45, 2.75) is 12.8 Å². The molecule has 5 heteroatoms. The van der Waals surface area contributed by atoms with E-state index in [1.807, 2.05) is 30.3 Å². The molecule has 0 aliphatic rings. The molecule has 0 heterocycles. The van der Waals surface area contributed by atoms with E-state index in [0.717, 1.165) is 44.8 Å². The second kappa shape index (κ2) is 10.6. The standard InChI is InChI=1S/C15H24N2O2S/c1-18-13-11-17(10-8-15(16)20)9-5-12-19-14-6-3-2-4-7-14/h2-4,6-7H,5,8-13H2,1H3,(H2,16,20). The summed E-state index contributed by atoms with van der Waals surface area (Å²) in [4.78, 5) is 2.87. The van der Waals surface area contributed by atoms with E-state index >= 15 is 0 Å². The van der Waals surface area contributed by atoms with Crippen molar-refractivity contribution in [3.05, 3.63) is 30.3 Å². The van der Waals surface area contributed by atoms with Crippen molar-refractivity contribution >= 4 is 17.2 Å². The van der Waals surface area contributed by atoms with Gasteiger partial charge in [-0.3, -0.25) is 0 Å².